The fourth-order valence-electron chi connectivity index (χ4n) is 1.84. The summed E-state index contributed by atoms with van der Waals surface area (Å²) >= 11 is 0. The van der Waals surface area contributed by atoms with Gasteiger partial charge >= 0.3 is 0 Å². The minimum absolute atomic E-state index is 0.0615. The van der Waals surface area contributed by atoms with E-state index in [2.05, 4.69) is 0 Å². The number of hydrogen-bond acceptors (Lipinski definition) is 6. The molecule has 2 aliphatic heterocycles. The van der Waals surface area contributed by atoms with Crippen molar-refractivity contribution in [1.29, 1.82) is 0 Å². The summed E-state index contributed by atoms with van der Waals surface area (Å²) in [7, 11) is 0. The first-order chi connectivity index (χ1) is 7.13. The van der Waals surface area contributed by atoms with Crippen molar-refractivity contribution in [3.8, 4) is 0 Å². The van der Waals surface area contributed by atoms with Crippen LogP contribution in [0, 0.1) is 0 Å². The van der Waals surface area contributed by atoms with Gasteiger partial charge in [0.2, 0.25) is 0 Å². The van der Waals surface area contributed by atoms with Crippen LogP contribution in [-0.4, -0.2) is 70.3 Å². The van der Waals surface area contributed by atoms with Gasteiger partial charge in [-0.15, -0.1) is 0 Å². The number of hydrogen-bond donors (Lipinski definition) is 4. The summed E-state index contributed by atoms with van der Waals surface area (Å²) < 4.78 is 10.3. The van der Waals surface area contributed by atoms with Crippen LogP contribution in [0.1, 0.15) is 6.42 Å². The van der Waals surface area contributed by atoms with Gasteiger partial charge in [-0.05, 0) is 0 Å². The van der Waals surface area contributed by atoms with Gasteiger partial charge in [0.25, 0.3) is 0 Å². The molecular formula is C9H16O6. The van der Waals surface area contributed by atoms with E-state index < -0.39 is 30.5 Å². The van der Waals surface area contributed by atoms with E-state index in [9.17, 15) is 15.3 Å². The van der Waals surface area contributed by atoms with Crippen LogP contribution in [0.4, 0.5) is 0 Å². The molecule has 0 saturated carbocycles. The lowest BCUT2D eigenvalue weighted by atomic mass is 9.93. The number of rotatable bonds is 3. The molecule has 4 N–H and O–H groups in total. The third-order valence-corrected chi connectivity index (χ3v) is 2.89. The Morgan fingerprint density at radius 3 is 2.13 bits per heavy atom. The highest BCUT2D eigenvalue weighted by molar-refractivity contribution is 4.93. The first kappa shape index (κ1) is 11.3. The minimum atomic E-state index is -1.28. The SMILES string of the molecule is OC[C@H]1O[C@H](CC2CO2)[C@H](O)[C@@H](O)[C@@H]1O. The van der Waals surface area contributed by atoms with Crippen LogP contribution in [0.25, 0.3) is 0 Å². The van der Waals surface area contributed by atoms with Crippen molar-refractivity contribution in [3.05, 3.63) is 0 Å². The smallest absolute Gasteiger partial charge is 0.111 e. The van der Waals surface area contributed by atoms with Gasteiger partial charge in [0.15, 0.2) is 0 Å². The molecule has 0 spiro atoms. The molecule has 1 unspecified atom stereocenters. The van der Waals surface area contributed by atoms with Gasteiger partial charge < -0.3 is 29.9 Å². The number of aliphatic hydroxyl groups excluding tert-OH is 4. The van der Waals surface area contributed by atoms with E-state index >= 15 is 0 Å². The molecule has 0 radical (unpaired) electrons. The Morgan fingerprint density at radius 1 is 1.00 bits per heavy atom. The van der Waals surface area contributed by atoms with E-state index in [1.807, 2.05) is 0 Å². The summed E-state index contributed by atoms with van der Waals surface area (Å²) in [5, 5.41) is 37.5. The average Bonchev–Trinajstić information content (AvgIpc) is 3.03. The fourth-order valence-corrected chi connectivity index (χ4v) is 1.84. The normalized spacial score (nSPS) is 50.4. The van der Waals surface area contributed by atoms with E-state index in [1.165, 1.54) is 0 Å². The third-order valence-electron chi connectivity index (χ3n) is 2.89. The van der Waals surface area contributed by atoms with Crippen molar-refractivity contribution in [2.75, 3.05) is 13.2 Å². The monoisotopic (exact) mass is 220 g/mol. The Hall–Kier alpha value is -0.240. The predicted octanol–water partition coefficient (Wildman–Crippen LogP) is -2.38. The lowest BCUT2D eigenvalue weighted by Crippen LogP contribution is -2.58. The average molecular weight is 220 g/mol. The summed E-state index contributed by atoms with van der Waals surface area (Å²) in [6, 6.07) is 0. The van der Waals surface area contributed by atoms with Crippen LogP contribution in [0.5, 0.6) is 0 Å². The van der Waals surface area contributed by atoms with Crippen molar-refractivity contribution >= 4 is 0 Å². The zero-order valence-corrected chi connectivity index (χ0v) is 8.19. The molecule has 2 aliphatic rings. The van der Waals surface area contributed by atoms with Crippen LogP contribution in [0.15, 0.2) is 0 Å². The molecule has 0 aliphatic carbocycles. The van der Waals surface area contributed by atoms with Gasteiger partial charge in [0, 0.05) is 6.42 Å². The largest absolute Gasteiger partial charge is 0.394 e. The Bertz CT molecular complexity index is 217. The van der Waals surface area contributed by atoms with Gasteiger partial charge in [-0.25, -0.2) is 0 Å². The van der Waals surface area contributed by atoms with Gasteiger partial charge in [0.05, 0.1) is 25.4 Å². The summed E-state index contributed by atoms with van der Waals surface area (Å²) in [4.78, 5) is 0. The molecule has 6 nitrogen and oxygen atoms in total. The Balaban J connectivity index is 1.97. The molecule has 2 rings (SSSR count). The van der Waals surface area contributed by atoms with Gasteiger partial charge in [-0.3, -0.25) is 0 Å². The Morgan fingerprint density at radius 2 is 1.60 bits per heavy atom. The van der Waals surface area contributed by atoms with Crippen LogP contribution in [0.3, 0.4) is 0 Å². The standard InChI is InChI=1S/C9H16O6/c10-2-6-8(12)9(13)7(11)5(15-6)1-4-3-14-4/h4-13H,1-3H2/t4?,5-,6-,7+,8-,9-/m1/s1. The summed E-state index contributed by atoms with van der Waals surface area (Å²) in [5.74, 6) is 0. The topological polar surface area (TPSA) is 103 Å². The molecule has 0 amide bonds. The quantitative estimate of drug-likeness (QED) is 0.396. The molecule has 2 saturated heterocycles. The van der Waals surface area contributed by atoms with Crippen molar-refractivity contribution in [2.45, 2.75) is 43.0 Å². The van der Waals surface area contributed by atoms with E-state index in [0.29, 0.717) is 13.0 Å². The van der Waals surface area contributed by atoms with Crippen molar-refractivity contribution in [1.82, 2.24) is 0 Å². The van der Waals surface area contributed by atoms with Gasteiger partial charge in [-0.1, -0.05) is 0 Å². The van der Waals surface area contributed by atoms with E-state index in [0.717, 1.165) is 0 Å². The van der Waals surface area contributed by atoms with Crippen LogP contribution in [0.2, 0.25) is 0 Å². The maximum absolute atomic E-state index is 9.63. The lowest BCUT2D eigenvalue weighted by molar-refractivity contribution is -0.231. The highest BCUT2D eigenvalue weighted by atomic mass is 16.6. The van der Waals surface area contributed by atoms with Crippen LogP contribution >= 0.6 is 0 Å². The zero-order valence-electron chi connectivity index (χ0n) is 8.19. The second-order valence-corrected chi connectivity index (χ2v) is 4.06. The van der Waals surface area contributed by atoms with Crippen molar-refractivity contribution in [2.24, 2.45) is 0 Å². The summed E-state index contributed by atoms with van der Waals surface area (Å²) in [5.41, 5.74) is 0. The summed E-state index contributed by atoms with van der Waals surface area (Å²) in [6.45, 7) is 0.252. The molecule has 0 aromatic rings. The van der Waals surface area contributed by atoms with E-state index in [4.69, 9.17) is 14.6 Å². The molecule has 2 heterocycles. The van der Waals surface area contributed by atoms with E-state index in [-0.39, 0.29) is 12.7 Å². The number of ether oxygens (including phenoxy) is 2. The highest BCUT2D eigenvalue weighted by Gasteiger charge is 2.45. The zero-order chi connectivity index (χ0) is 11.0. The molecule has 15 heavy (non-hydrogen) atoms. The summed E-state index contributed by atoms with van der Waals surface area (Å²) in [6.07, 6.45) is -4.55. The maximum atomic E-state index is 9.63. The second-order valence-electron chi connectivity index (χ2n) is 4.06. The first-order valence-electron chi connectivity index (χ1n) is 5.05. The minimum Gasteiger partial charge on any atom is -0.394 e. The molecule has 6 atom stereocenters. The number of epoxide rings is 1. The molecule has 88 valence electrons. The third kappa shape index (κ3) is 2.30. The van der Waals surface area contributed by atoms with Crippen molar-refractivity contribution in [3.63, 3.8) is 0 Å². The molecule has 0 aromatic heterocycles. The van der Waals surface area contributed by atoms with Crippen LogP contribution in [-0.2, 0) is 9.47 Å². The second kappa shape index (κ2) is 4.32. The maximum Gasteiger partial charge on any atom is 0.111 e. The molecular weight excluding hydrogens is 204 g/mol. The Kier molecular flexibility index (Phi) is 3.24. The highest BCUT2D eigenvalue weighted by Crippen LogP contribution is 2.27. The van der Waals surface area contributed by atoms with Gasteiger partial charge in [0.1, 0.15) is 24.4 Å². The molecule has 0 aromatic carbocycles. The predicted molar refractivity (Wildman–Crippen MR) is 48.1 cm³/mol. The Labute approximate surface area is 87.1 Å². The van der Waals surface area contributed by atoms with Crippen molar-refractivity contribution < 1.29 is 29.9 Å². The van der Waals surface area contributed by atoms with E-state index in [1.54, 1.807) is 0 Å². The molecule has 2 fully saturated rings. The molecule has 6 heteroatoms. The first-order valence-corrected chi connectivity index (χ1v) is 5.05. The van der Waals surface area contributed by atoms with Gasteiger partial charge in [-0.2, -0.15) is 0 Å². The lowest BCUT2D eigenvalue weighted by Gasteiger charge is -2.39. The fraction of sp³-hybridized carbons (Fsp3) is 1.00. The molecule has 0 bridgehead atoms. The number of aliphatic hydroxyl groups is 4. The van der Waals surface area contributed by atoms with Crippen LogP contribution < -0.4 is 0 Å².